The molecular formula is C13H20N4O2S. The van der Waals surface area contributed by atoms with Crippen LogP contribution in [0.4, 0.5) is 0 Å². The zero-order valence-electron chi connectivity index (χ0n) is 12.3. The summed E-state index contributed by atoms with van der Waals surface area (Å²) in [6.45, 7) is 9.18. The molecule has 2 heterocycles. The topological polar surface area (TPSA) is 78.7 Å². The first kappa shape index (κ1) is 14.9. The van der Waals surface area contributed by atoms with Crippen molar-refractivity contribution in [1.29, 1.82) is 0 Å². The summed E-state index contributed by atoms with van der Waals surface area (Å²) in [5.74, 6) is 0.0606. The van der Waals surface area contributed by atoms with Crippen molar-refractivity contribution in [1.82, 2.24) is 14.5 Å². The third kappa shape index (κ3) is 2.82. The van der Waals surface area contributed by atoms with E-state index in [1.807, 2.05) is 27.7 Å². The van der Waals surface area contributed by atoms with Gasteiger partial charge in [-0.3, -0.25) is 4.79 Å². The molecule has 1 N–H and O–H groups in total. The van der Waals surface area contributed by atoms with Crippen LogP contribution in [0.3, 0.4) is 0 Å². The standard InChI is InChI=1S/C13H20N4O2S/c1-8-7-17(6-5-9(8)15-19)12(18)10-11(13(2,3)4)14-16-20-10/h8,19H,5-7H2,1-4H3. The maximum Gasteiger partial charge on any atom is 0.267 e. The fourth-order valence-electron chi connectivity index (χ4n) is 2.32. The molecule has 1 unspecified atom stereocenters. The van der Waals surface area contributed by atoms with Gasteiger partial charge in [0.05, 0.1) is 11.4 Å². The summed E-state index contributed by atoms with van der Waals surface area (Å²) in [5, 5.41) is 16.3. The Bertz CT molecular complexity index is 533. The minimum atomic E-state index is -0.197. The lowest BCUT2D eigenvalue weighted by Crippen LogP contribution is -2.43. The third-order valence-electron chi connectivity index (χ3n) is 3.51. The number of hydrogen-bond acceptors (Lipinski definition) is 6. The largest absolute Gasteiger partial charge is 0.411 e. The fourth-order valence-corrected chi connectivity index (χ4v) is 3.17. The van der Waals surface area contributed by atoms with Gasteiger partial charge in [0.1, 0.15) is 4.88 Å². The lowest BCUT2D eigenvalue weighted by atomic mass is 9.91. The van der Waals surface area contributed by atoms with E-state index in [2.05, 4.69) is 14.7 Å². The summed E-state index contributed by atoms with van der Waals surface area (Å²) >= 11 is 1.15. The molecule has 6 nitrogen and oxygen atoms in total. The maximum absolute atomic E-state index is 12.6. The van der Waals surface area contributed by atoms with Crippen molar-refractivity contribution < 1.29 is 10.0 Å². The van der Waals surface area contributed by atoms with E-state index in [4.69, 9.17) is 5.21 Å². The van der Waals surface area contributed by atoms with Gasteiger partial charge in [-0.2, -0.15) is 0 Å². The second-order valence-corrected chi connectivity index (χ2v) is 6.95. The van der Waals surface area contributed by atoms with Crippen molar-refractivity contribution in [2.45, 2.75) is 39.5 Å². The highest BCUT2D eigenvalue weighted by Crippen LogP contribution is 2.27. The second kappa shape index (κ2) is 5.47. The summed E-state index contributed by atoms with van der Waals surface area (Å²) in [4.78, 5) is 15.0. The first-order chi connectivity index (χ1) is 9.34. The minimum absolute atomic E-state index is 0.0197. The molecule has 1 atom stereocenters. The zero-order valence-corrected chi connectivity index (χ0v) is 13.1. The monoisotopic (exact) mass is 296 g/mol. The Balaban J connectivity index is 2.19. The fraction of sp³-hybridized carbons (Fsp3) is 0.692. The summed E-state index contributed by atoms with van der Waals surface area (Å²) in [6.07, 6.45) is 0.612. The van der Waals surface area contributed by atoms with Crippen LogP contribution >= 0.6 is 11.5 Å². The molecular weight excluding hydrogens is 276 g/mol. The quantitative estimate of drug-likeness (QED) is 0.636. The summed E-state index contributed by atoms with van der Waals surface area (Å²) in [7, 11) is 0. The third-order valence-corrected chi connectivity index (χ3v) is 4.22. The second-order valence-electron chi connectivity index (χ2n) is 6.19. The Morgan fingerprint density at radius 2 is 2.20 bits per heavy atom. The number of likely N-dealkylation sites (tertiary alicyclic amines) is 1. The van der Waals surface area contributed by atoms with Crippen LogP contribution in [0, 0.1) is 5.92 Å². The molecule has 20 heavy (non-hydrogen) atoms. The Morgan fingerprint density at radius 3 is 2.75 bits per heavy atom. The van der Waals surface area contributed by atoms with Gasteiger partial charge in [0, 0.05) is 30.8 Å². The molecule has 7 heteroatoms. The smallest absolute Gasteiger partial charge is 0.267 e. The number of hydrogen-bond donors (Lipinski definition) is 1. The predicted octanol–water partition coefficient (Wildman–Crippen LogP) is 2.15. The summed E-state index contributed by atoms with van der Waals surface area (Å²) in [6, 6.07) is 0. The lowest BCUT2D eigenvalue weighted by molar-refractivity contribution is 0.0736. The van der Waals surface area contributed by atoms with E-state index in [1.165, 1.54) is 0 Å². The van der Waals surface area contributed by atoms with Gasteiger partial charge in [-0.05, 0) is 11.5 Å². The van der Waals surface area contributed by atoms with Crippen LogP contribution in [0.2, 0.25) is 0 Å². The number of rotatable bonds is 1. The van der Waals surface area contributed by atoms with Gasteiger partial charge in [-0.25, -0.2) is 0 Å². The number of carbonyl (C=O) groups excluding carboxylic acids is 1. The van der Waals surface area contributed by atoms with Gasteiger partial charge < -0.3 is 10.1 Å². The van der Waals surface area contributed by atoms with Crippen molar-refractivity contribution in [3.8, 4) is 0 Å². The Hall–Kier alpha value is -1.50. The molecule has 0 aliphatic carbocycles. The Kier molecular flexibility index (Phi) is 4.08. The van der Waals surface area contributed by atoms with E-state index in [0.29, 0.717) is 24.4 Å². The molecule has 2 rings (SSSR count). The molecule has 1 fully saturated rings. The molecule has 0 radical (unpaired) electrons. The average Bonchev–Trinajstić information content (AvgIpc) is 2.86. The van der Waals surface area contributed by atoms with E-state index in [1.54, 1.807) is 4.90 Å². The number of oxime groups is 1. The van der Waals surface area contributed by atoms with Gasteiger partial charge in [0.25, 0.3) is 5.91 Å². The SMILES string of the molecule is CC1CN(C(=O)c2snnc2C(C)(C)C)CCC1=NO. The van der Waals surface area contributed by atoms with E-state index in [9.17, 15) is 4.79 Å². The van der Waals surface area contributed by atoms with Crippen LogP contribution in [0.15, 0.2) is 5.16 Å². The predicted molar refractivity (Wildman–Crippen MR) is 77.5 cm³/mol. The van der Waals surface area contributed by atoms with Crippen LogP contribution in [-0.4, -0.2) is 44.4 Å². The molecule has 0 spiro atoms. The van der Waals surface area contributed by atoms with E-state index in [-0.39, 0.29) is 17.2 Å². The van der Waals surface area contributed by atoms with Crippen LogP contribution in [0.5, 0.6) is 0 Å². The Morgan fingerprint density at radius 1 is 1.50 bits per heavy atom. The summed E-state index contributed by atoms with van der Waals surface area (Å²) < 4.78 is 3.94. The molecule has 0 aromatic carbocycles. The molecule has 1 saturated heterocycles. The van der Waals surface area contributed by atoms with E-state index < -0.39 is 0 Å². The molecule has 0 saturated carbocycles. The lowest BCUT2D eigenvalue weighted by Gasteiger charge is -2.31. The van der Waals surface area contributed by atoms with Gasteiger partial charge in [-0.15, -0.1) is 5.10 Å². The van der Waals surface area contributed by atoms with Crippen molar-refractivity contribution in [2.24, 2.45) is 11.1 Å². The first-order valence-corrected chi connectivity index (χ1v) is 7.45. The number of carbonyl (C=O) groups is 1. The number of nitrogens with zero attached hydrogens (tertiary/aromatic N) is 4. The normalized spacial score (nSPS) is 22.3. The first-order valence-electron chi connectivity index (χ1n) is 6.67. The Labute approximate surface area is 122 Å². The van der Waals surface area contributed by atoms with Crippen molar-refractivity contribution in [3.05, 3.63) is 10.6 Å². The van der Waals surface area contributed by atoms with Crippen LogP contribution in [0.1, 0.15) is 49.5 Å². The molecule has 1 aliphatic heterocycles. The highest BCUT2D eigenvalue weighted by molar-refractivity contribution is 7.08. The van der Waals surface area contributed by atoms with Gasteiger partial charge in [-0.1, -0.05) is 37.3 Å². The molecule has 0 bridgehead atoms. The van der Waals surface area contributed by atoms with Crippen molar-refractivity contribution >= 4 is 23.2 Å². The number of aromatic nitrogens is 2. The molecule has 1 aromatic rings. The molecule has 1 amide bonds. The number of piperidine rings is 1. The minimum Gasteiger partial charge on any atom is -0.411 e. The highest BCUT2D eigenvalue weighted by Gasteiger charge is 2.32. The summed E-state index contributed by atoms with van der Waals surface area (Å²) in [5.41, 5.74) is 1.31. The molecule has 1 aromatic heterocycles. The van der Waals surface area contributed by atoms with Crippen molar-refractivity contribution in [2.75, 3.05) is 13.1 Å². The van der Waals surface area contributed by atoms with Gasteiger partial charge >= 0.3 is 0 Å². The number of amides is 1. The highest BCUT2D eigenvalue weighted by atomic mass is 32.1. The maximum atomic E-state index is 12.6. The van der Waals surface area contributed by atoms with Gasteiger partial charge in [0.15, 0.2) is 0 Å². The zero-order chi connectivity index (χ0) is 14.9. The van der Waals surface area contributed by atoms with Crippen LogP contribution < -0.4 is 0 Å². The molecule has 110 valence electrons. The van der Waals surface area contributed by atoms with Crippen molar-refractivity contribution in [3.63, 3.8) is 0 Å². The van der Waals surface area contributed by atoms with Gasteiger partial charge in [0.2, 0.25) is 0 Å². The molecule has 1 aliphatic rings. The average molecular weight is 296 g/mol. The van der Waals surface area contributed by atoms with Crippen LogP contribution in [-0.2, 0) is 5.41 Å². The van der Waals surface area contributed by atoms with Crippen LogP contribution in [0.25, 0.3) is 0 Å². The van der Waals surface area contributed by atoms with E-state index >= 15 is 0 Å². The van der Waals surface area contributed by atoms with E-state index in [0.717, 1.165) is 22.9 Å².